The highest BCUT2D eigenvalue weighted by molar-refractivity contribution is 7.99. The van der Waals surface area contributed by atoms with E-state index in [0.717, 1.165) is 16.9 Å². The fraction of sp³-hybridized carbons (Fsp3) is 0.417. The predicted molar refractivity (Wildman–Crippen MR) is 126 cm³/mol. The number of rotatable bonds is 11. The molecule has 0 unspecified atom stereocenters. The van der Waals surface area contributed by atoms with E-state index < -0.39 is 6.04 Å². The van der Waals surface area contributed by atoms with Gasteiger partial charge in [-0.05, 0) is 43.5 Å². The van der Waals surface area contributed by atoms with Gasteiger partial charge in [0.25, 0.3) is 0 Å². The van der Waals surface area contributed by atoms with Crippen molar-refractivity contribution >= 4 is 35.2 Å². The first-order valence-corrected chi connectivity index (χ1v) is 11.8. The Labute approximate surface area is 189 Å². The summed E-state index contributed by atoms with van der Waals surface area (Å²) < 4.78 is 0. The van der Waals surface area contributed by atoms with Crippen LogP contribution >= 0.6 is 23.4 Å². The molecule has 0 aliphatic heterocycles. The van der Waals surface area contributed by atoms with E-state index in [-0.39, 0.29) is 17.9 Å². The molecule has 2 aromatic carbocycles. The van der Waals surface area contributed by atoms with Gasteiger partial charge in [0, 0.05) is 34.7 Å². The Kier molecular flexibility index (Phi) is 10.2. The van der Waals surface area contributed by atoms with Crippen molar-refractivity contribution in [3.63, 3.8) is 0 Å². The Balaban J connectivity index is 2.15. The summed E-state index contributed by atoms with van der Waals surface area (Å²) in [4.78, 5) is 28.9. The van der Waals surface area contributed by atoms with E-state index in [2.05, 4.69) is 5.32 Å². The normalized spacial score (nSPS) is 12.8. The smallest absolute Gasteiger partial charge is 0.243 e. The molecule has 162 valence electrons. The minimum atomic E-state index is -0.524. The third-order valence-corrected chi connectivity index (χ3v) is 6.40. The summed E-state index contributed by atoms with van der Waals surface area (Å²) in [6.07, 6.45) is 1.75. The molecule has 0 aliphatic rings. The van der Waals surface area contributed by atoms with Gasteiger partial charge in [-0.1, -0.05) is 61.8 Å². The molecule has 2 rings (SSSR count). The first-order valence-electron chi connectivity index (χ1n) is 10.5. The van der Waals surface area contributed by atoms with Crippen molar-refractivity contribution in [1.29, 1.82) is 0 Å². The quantitative estimate of drug-likeness (QED) is 0.460. The van der Waals surface area contributed by atoms with Gasteiger partial charge in [-0.3, -0.25) is 9.59 Å². The van der Waals surface area contributed by atoms with Gasteiger partial charge in [-0.2, -0.15) is 0 Å². The monoisotopic (exact) mass is 446 g/mol. The van der Waals surface area contributed by atoms with Gasteiger partial charge in [0.1, 0.15) is 6.04 Å². The van der Waals surface area contributed by atoms with Crippen LogP contribution in [-0.4, -0.2) is 34.6 Å². The van der Waals surface area contributed by atoms with Crippen molar-refractivity contribution in [3.8, 4) is 0 Å². The average Bonchev–Trinajstić information content (AvgIpc) is 2.75. The van der Waals surface area contributed by atoms with Crippen LogP contribution in [0.4, 0.5) is 0 Å². The van der Waals surface area contributed by atoms with Crippen LogP contribution in [0.1, 0.15) is 45.6 Å². The minimum absolute atomic E-state index is 0.0375. The number of amides is 2. The maximum Gasteiger partial charge on any atom is 0.243 e. The van der Waals surface area contributed by atoms with Crippen LogP contribution in [0.3, 0.4) is 0 Å². The molecule has 30 heavy (non-hydrogen) atoms. The molecular weight excluding hydrogens is 416 g/mol. The number of benzene rings is 2. The number of hydrogen-bond acceptors (Lipinski definition) is 3. The fourth-order valence-electron chi connectivity index (χ4n) is 3.09. The van der Waals surface area contributed by atoms with Gasteiger partial charge in [-0.15, -0.1) is 11.8 Å². The summed E-state index contributed by atoms with van der Waals surface area (Å²) in [6.45, 7) is 6.26. The SMILES string of the molecule is CC[C@H](C)NC(=O)[C@H](CC)N(Cc1ccccc1Cl)C(=O)CCSc1ccccc1. The molecule has 0 spiro atoms. The van der Waals surface area contributed by atoms with Crippen LogP contribution in [-0.2, 0) is 16.1 Å². The van der Waals surface area contributed by atoms with E-state index in [0.29, 0.717) is 30.2 Å². The number of nitrogens with zero attached hydrogens (tertiary/aromatic N) is 1. The molecule has 4 nitrogen and oxygen atoms in total. The Morgan fingerprint density at radius 2 is 1.70 bits per heavy atom. The topological polar surface area (TPSA) is 49.4 Å². The molecule has 6 heteroatoms. The van der Waals surface area contributed by atoms with E-state index in [9.17, 15) is 9.59 Å². The third kappa shape index (κ3) is 7.37. The van der Waals surface area contributed by atoms with Gasteiger partial charge < -0.3 is 10.2 Å². The lowest BCUT2D eigenvalue weighted by molar-refractivity contribution is -0.141. The molecule has 0 saturated heterocycles. The molecule has 0 bridgehead atoms. The zero-order valence-corrected chi connectivity index (χ0v) is 19.5. The molecule has 2 amide bonds. The Bertz CT molecular complexity index is 816. The molecule has 2 atom stereocenters. The van der Waals surface area contributed by atoms with Crippen LogP contribution < -0.4 is 5.32 Å². The average molecular weight is 447 g/mol. The van der Waals surface area contributed by atoms with E-state index in [1.807, 2.05) is 75.4 Å². The highest BCUT2D eigenvalue weighted by atomic mass is 35.5. The number of carbonyl (C=O) groups is 2. The van der Waals surface area contributed by atoms with E-state index in [1.54, 1.807) is 16.7 Å². The van der Waals surface area contributed by atoms with Gasteiger partial charge in [-0.25, -0.2) is 0 Å². The molecule has 1 N–H and O–H groups in total. The summed E-state index contributed by atoms with van der Waals surface area (Å²) in [6, 6.07) is 17.0. The lowest BCUT2D eigenvalue weighted by Crippen LogP contribution is -2.50. The van der Waals surface area contributed by atoms with E-state index in [1.165, 1.54) is 0 Å². The Morgan fingerprint density at radius 3 is 2.33 bits per heavy atom. The number of nitrogens with one attached hydrogen (secondary N) is 1. The van der Waals surface area contributed by atoms with Crippen molar-refractivity contribution in [2.45, 2.75) is 63.6 Å². The first kappa shape index (κ1) is 24.3. The summed E-state index contributed by atoms with van der Waals surface area (Å²) >= 11 is 7.99. The summed E-state index contributed by atoms with van der Waals surface area (Å²) in [5.74, 6) is 0.512. The number of carbonyl (C=O) groups excluding carboxylic acids is 2. The molecule has 0 heterocycles. The second-order valence-corrected chi connectivity index (χ2v) is 8.84. The van der Waals surface area contributed by atoms with Crippen molar-refractivity contribution in [2.24, 2.45) is 0 Å². The minimum Gasteiger partial charge on any atom is -0.352 e. The second-order valence-electron chi connectivity index (χ2n) is 7.27. The van der Waals surface area contributed by atoms with Gasteiger partial charge in [0.05, 0.1) is 0 Å². The zero-order valence-electron chi connectivity index (χ0n) is 17.9. The number of halogens is 1. The third-order valence-electron chi connectivity index (χ3n) is 5.01. The molecule has 0 aromatic heterocycles. The van der Waals surface area contributed by atoms with Crippen molar-refractivity contribution in [1.82, 2.24) is 10.2 Å². The highest BCUT2D eigenvalue weighted by Gasteiger charge is 2.29. The predicted octanol–water partition coefficient (Wildman–Crippen LogP) is 5.54. The lowest BCUT2D eigenvalue weighted by Gasteiger charge is -2.31. The lowest BCUT2D eigenvalue weighted by atomic mass is 10.1. The molecule has 2 aromatic rings. The first-order chi connectivity index (χ1) is 14.5. The highest BCUT2D eigenvalue weighted by Crippen LogP contribution is 2.22. The molecule has 0 fully saturated rings. The number of thioether (sulfide) groups is 1. The van der Waals surface area contributed by atoms with Crippen LogP contribution in [0.5, 0.6) is 0 Å². The fourth-order valence-corrected chi connectivity index (χ4v) is 4.14. The van der Waals surface area contributed by atoms with Gasteiger partial charge in [0.15, 0.2) is 0 Å². The Morgan fingerprint density at radius 1 is 1.03 bits per heavy atom. The van der Waals surface area contributed by atoms with Gasteiger partial charge >= 0.3 is 0 Å². The zero-order chi connectivity index (χ0) is 21.9. The van der Waals surface area contributed by atoms with E-state index in [4.69, 9.17) is 11.6 Å². The van der Waals surface area contributed by atoms with E-state index >= 15 is 0 Å². The van der Waals surface area contributed by atoms with Crippen LogP contribution in [0.2, 0.25) is 5.02 Å². The van der Waals surface area contributed by atoms with Crippen LogP contribution in [0.15, 0.2) is 59.5 Å². The van der Waals surface area contributed by atoms with Crippen molar-refractivity contribution in [2.75, 3.05) is 5.75 Å². The molecule has 0 aliphatic carbocycles. The van der Waals surface area contributed by atoms with Crippen LogP contribution in [0.25, 0.3) is 0 Å². The standard InChI is InChI=1S/C24H31ClN2O2S/c1-4-18(3)26-24(29)22(5-2)27(17-19-11-9-10-14-21(19)25)23(28)15-16-30-20-12-7-6-8-13-20/h6-14,18,22H,4-5,15-17H2,1-3H3,(H,26,29)/t18-,22-/m0/s1. The Hall–Kier alpha value is -1.98. The van der Waals surface area contributed by atoms with Gasteiger partial charge in [0.2, 0.25) is 11.8 Å². The molecular formula is C24H31ClN2O2S. The maximum atomic E-state index is 13.2. The summed E-state index contributed by atoms with van der Waals surface area (Å²) in [5, 5.41) is 3.63. The van der Waals surface area contributed by atoms with Crippen molar-refractivity contribution < 1.29 is 9.59 Å². The number of hydrogen-bond donors (Lipinski definition) is 1. The summed E-state index contributed by atoms with van der Waals surface area (Å²) in [7, 11) is 0. The largest absolute Gasteiger partial charge is 0.352 e. The van der Waals surface area contributed by atoms with Crippen molar-refractivity contribution in [3.05, 3.63) is 65.2 Å². The van der Waals surface area contributed by atoms with Crippen LogP contribution in [0, 0.1) is 0 Å². The maximum absolute atomic E-state index is 13.2. The molecule has 0 radical (unpaired) electrons. The summed E-state index contributed by atoms with van der Waals surface area (Å²) in [5.41, 5.74) is 0.845. The second kappa shape index (κ2) is 12.7. The molecule has 0 saturated carbocycles.